The van der Waals surface area contributed by atoms with Gasteiger partial charge in [-0.25, -0.2) is 0 Å². The Morgan fingerprint density at radius 1 is 1.13 bits per heavy atom. The summed E-state index contributed by atoms with van der Waals surface area (Å²) in [6.07, 6.45) is 5.31. The topological polar surface area (TPSA) is 51.4 Å². The lowest BCUT2D eigenvalue weighted by Crippen LogP contribution is -2.46. The normalized spacial score (nSPS) is 20.6. The summed E-state index contributed by atoms with van der Waals surface area (Å²) in [5.41, 5.74) is 2.31. The fourth-order valence-electron chi connectivity index (χ4n) is 3.39. The minimum Gasteiger partial charge on any atom is -0.370 e. The van der Waals surface area contributed by atoms with Gasteiger partial charge < -0.3 is 14.2 Å². The van der Waals surface area contributed by atoms with E-state index in [0.717, 1.165) is 44.5 Å². The molecule has 2 aliphatic rings. The first-order chi connectivity index (χ1) is 11.2. The van der Waals surface area contributed by atoms with Crippen LogP contribution < -0.4 is 4.90 Å². The van der Waals surface area contributed by atoms with E-state index in [-0.39, 0.29) is 5.60 Å². The molecule has 3 heterocycles. The lowest BCUT2D eigenvalue weighted by atomic mass is 9.87. The van der Waals surface area contributed by atoms with Crippen LogP contribution in [0.1, 0.15) is 26.2 Å². The SMILES string of the molecule is CC1=CC2(CCN(c3noc(-c4ccccc4)n3)CC2)OCC1. The van der Waals surface area contributed by atoms with Gasteiger partial charge >= 0.3 is 0 Å². The molecule has 0 atom stereocenters. The Bertz CT molecular complexity index is 700. The zero-order valence-electron chi connectivity index (χ0n) is 13.4. The fraction of sp³-hybridized carbons (Fsp3) is 0.444. The number of ether oxygens (including phenoxy) is 1. The van der Waals surface area contributed by atoms with Crippen molar-refractivity contribution in [1.82, 2.24) is 10.1 Å². The van der Waals surface area contributed by atoms with Crippen molar-refractivity contribution in [2.45, 2.75) is 31.8 Å². The van der Waals surface area contributed by atoms with Crippen LogP contribution in [0.25, 0.3) is 11.5 Å². The van der Waals surface area contributed by atoms with Crippen molar-refractivity contribution < 1.29 is 9.26 Å². The number of piperidine rings is 1. The molecular formula is C18H21N3O2. The molecule has 4 rings (SSSR count). The Morgan fingerprint density at radius 2 is 1.91 bits per heavy atom. The van der Waals surface area contributed by atoms with Crippen LogP contribution in [-0.2, 0) is 4.74 Å². The van der Waals surface area contributed by atoms with Gasteiger partial charge in [-0.2, -0.15) is 4.98 Å². The molecule has 5 nitrogen and oxygen atoms in total. The van der Waals surface area contributed by atoms with Crippen LogP contribution in [0.2, 0.25) is 0 Å². The smallest absolute Gasteiger partial charge is 0.266 e. The Kier molecular flexibility index (Phi) is 3.65. The third kappa shape index (κ3) is 2.88. The van der Waals surface area contributed by atoms with Gasteiger partial charge in [-0.3, -0.25) is 0 Å². The van der Waals surface area contributed by atoms with Crippen molar-refractivity contribution in [3.63, 3.8) is 0 Å². The van der Waals surface area contributed by atoms with E-state index in [2.05, 4.69) is 28.0 Å². The summed E-state index contributed by atoms with van der Waals surface area (Å²) >= 11 is 0. The van der Waals surface area contributed by atoms with Crippen LogP contribution in [0.3, 0.4) is 0 Å². The Balaban J connectivity index is 1.47. The standard InChI is InChI=1S/C18H21N3O2/c1-14-7-12-22-18(13-14)8-10-21(11-9-18)17-19-16(23-20-17)15-5-3-2-4-6-15/h2-6,13H,7-12H2,1H3. The second-order valence-corrected chi connectivity index (χ2v) is 6.41. The van der Waals surface area contributed by atoms with Crippen molar-refractivity contribution >= 4 is 5.95 Å². The zero-order valence-corrected chi connectivity index (χ0v) is 13.4. The quantitative estimate of drug-likeness (QED) is 0.795. The molecule has 1 spiro atoms. The predicted molar refractivity (Wildman–Crippen MR) is 88.2 cm³/mol. The second kappa shape index (κ2) is 5.81. The molecule has 0 amide bonds. The van der Waals surface area contributed by atoms with Crippen LogP contribution in [-0.4, -0.2) is 35.4 Å². The van der Waals surface area contributed by atoms with Crippen LogP contribution in [0.4, 0.5) is 5.95 Å². The van der Waals surface area contributed by atoms with Gasteiger partial charge in [0.2, 0.25) is 0 Å². The van der Waals surface area contributed by atoms with Gasteiger partial charge in [0, 0.05) is 18.7 Å². The minimum absolute atomic E-state index is 0.0785. The van der Waals surface area contributed by atoms with Crippen molar-refractivity contribution in [1.29, 1.82) is 0 Å². The van der Waals surface area contributed by atoms with Crippen LogP contribution >= 0.6 is 0 Å². The lowest BCUT2D eigenvalue weighted by Gasteiger charge is -2.41. The van der Waals surface area contributed by atoms with Crippen molar-refractivity contribution in [3.05, 3.63) is 42.0 Å². The van der Waals surface area contributed by atoms with E-state index in [9.17, 15) is 0 Å². The average Bonchev–Trinajstić information content (AvgIpc) is 3.06. The van der Waals surface area contributed by atoms with Gasteiger partial charge in [-0.15, -0.1) is 0 Å². The van der Waals surface area contributed by atoms with E-state index in [1.807, 2.05) is 30.3 Å². The Labute approximate surface area is 135 Å². The predicted octanol–water partition coefficient (Wildman–Crippen LogP) is 3.44. The molecule has 2 aromatic rings. The highest BCUT2D eigenvalue weighted by atomic mass is 16.5. The number of hydrogen-bond donors (Lipinski definition) is 0. The van der Waals surface area contributed by atoms with E-state index < -0.39 is 0 Å². The number of aromatic nitrogens is 2. The summed E-state index contributed by atoms with van der Waals surface area (Å²) < 4.78 is 11.5. The summed E-state index contributed by atoms with van der Waals surface area (Å²) in [5, 5.41) is 4.15. The molecule has 23 heavy (non-hydrogen) atoms. The molecule has 1 saturated heterocycles. The maximum absolute atomic E-state index is 6.07. The van der Waals surface area contributed by atoms with Crippen LogP contribution in [0.5, 0.6) is 0 Å². The largest absolute Gasteiger partial charge is 0.370 e. The molecular weight excluding hydrogens is 290 g/mol. The van der Waals surface area contributed by atoms with E-state index >= 15 is 0 Å². The maximum atomic E-state index is 6.07. The molecule has 0 radical (unpaired) electrons. The molecule has 0 bridgehead atoms. The average molecular weight is 311 g/mol. The summed E-state index contributed by atoms with van der Waals surface area (Å²) in [5.74, 6) is 1.25. The maximum Gasteiger partial charge on any atom is 0.266 e. The molecule has 1 fully saturated rings. The Hall–Kier alpha value is -2.14. The lowest BCUT2D eigenvalue weighted by molar-refractivity contribution is -0.0327. The summed E-state index contributed by atoms with van der Waals surface area (Å²) in [4.78, 5) is 6.73. The van der Waals surface area contributed by atoms with Crippen molar-refractivity contribution in [2.24, 2.45) is 0 Å². The fourth-order valence-corrected chi connectivity index (χ4v) is 3.39. The first-order valence-corrected chi connectivity index (χ1v) is 8.21. The van der Waals surface area contributed by atoms with E-state index in [1.54, 1.807) is 0 Å². The third-order valence-corrected chi connectivity index (χ3v) is 4.72. The van der Waals surface area contributed by atoms with Crippen molar-refractivity contribution in [2.75, 3.05) is 24.6 Å². The zero-order chi connectivity index (χ0) is 15.7. The van der Waals surface area contributed by atoms with Crippen LogP contribution in [0.15, 0.2) is 46.5 Å². The summed E-state index contributed by atoms with van der Waals surface area (Å²) in [6, 6.07) is 9.88. The Morgan fingerprint density at radius 3 is 2.65 bits per heavy atom. The minimum atomic E-state index is -0.0785. The first kappa shape index (κ1) is 14.5. The highest BCUT2D eigenvalue weighted by Gasteiger charge is 2.36. The number of nitrogens with zero attached hydrogens (tertiary/aromatic N) is 3. The first-order valence-electron chi connectivity index (χ1n) is 8.21. The molecule has 0 N–H and O–H groups in total. The van der Waals surface area contributed by atoms with E-state index in [4.69, 9.17) is 9.26 Å². The molecule has 0 unspecified atom stereocenters. The highest BCUT2D eigenvalue weighted by Crippen LogP contribution is 2.34. The molecule has 1 aromatic carbocycles. The van der Waals surface area contributed by atoms with Gasteiger partial charge in [-0.1, -0.05) is 29.8 Å². The number of rotatable bonds is 2. The van der Waals surface area contributed by atoms with Gasteiger partial charge in [0.05, 0.1) is 12.2 Å². The number of anilines is 1. The molecule has 0 aliphatic carbocycles. The van der Waals surface area contributed by atoms with Crippen molar-refractivity contribution in [3.8, 4) is 11.5 Å². The van der Waals surface area contributed by atoms with Gasteiger partial charge in [0.25, 0.3) is 11.8 Å². The molecule has 5 heteroatoms. The van der Waals surface area contributed by atoms with Crippen LogP contribution in [0, 0.1) is 0 Å². The van der Waals surface area contributed by atoms with E-state index in [1.165, 1.54) is 5.57 Å². The second-order valence-electron chi connectivity index (χ2n) is 6.41. The summed E-state index contributed by atoms with van der Waals surface area (Å²) in [7, 11) is 0. The monoisotopic (exact) mass is 311 g/mol. The molecule has 120 valence electrons. The third-order valence-electron chi connectivity index (χ3n) is 4.72. The number of hydrogen-bond acceptors (Lipinski definition) is 5. The molecule has 1 aromatic heterocycles. The van der Waals surface area contributed by atoms with E-state index in [0.29, 0.717) is 11.8 Å². The van der Waals surface area contributed by atoms with Gasteiger partial charge in [0.15, 0.2) is 0 Å². The molecule has 0 saturated carbocycles. The van der Waals surface area contributed by atoms with Gasteiger partial charge in [-0.05, 0) is 43.5 Å². The number of benzene rings is 1. The highest BCUT2D eigenvalue weighted by molar-refractivity contribution is 5.54. The summed E-state index contributed by atoms with van der Waals surface area (Å²) in [6.45, 7) is 4.81. The van der Waals surface area contributed by atoms with Gasteiger partial charge in [0.1, 0.15) is 0 Å². The molecule has 2 aliphatic heterocycles.